The Bertz CT molecular complexity index is 1260. The maximum atomic E-state index is 13.4. The van der Waals surface area contributed by atoms with E-state index in [9.17, 15) is 14.4 Å². The normalized spacial score (nSPS) is 13.7. The van der Waals surface area contributed by atoms with Gasteiger partial charge in [-0.15, -0.1) is 0 Å². The minimum absolute atomic E-state index is 0.0408. The minimum Gasteiger partial charge on any atom is -0.467 e. The zero-order chi connectivity index (χ0) is 24.9. The molecule has 2 aromatic carbocycles. The van der Waals surface area contributed by atoms with E-state index >= 15 is 0 Å². The number of imide groups is 1. The van der Waals surface area contributed by atoms with Gasteiger partial charge in [-0.25, -0.2) is 0 Å². The van der Waals surface area contributed by atoms with Gasteiger partial charge in [0.2, 0.25) is 5.91 Å². The summed E-state index contributed by atoms with van der Waals surface area (Å²) in [6.07, 6.45) is 1.93. The Labute approximate surface area is 208 Å². The number of benzene rings is 2. The number of carbonyl (C=O) groups excluding carboxylic acids is 3. The molecular formula is C27H27N3O4S. The van der Waals surface area contributed by atoms with Gasteiger partial charge in [0.25, 0.3) is 11.8 Å². The van der Waals surface area contributed by atoms with Gasteiger partial charge < -0.3 is 15.1 Å². The highest BCUT2D eigenvalue weighted by Gasteiger charge is 2.39. The van der Waals surface area contributed by atoms with E-state index < -0.39 is 11.8 Å². The SMILES string of the molecule is Cc1ccc(NC2=C(Sc3cccc(NC(=O)CC(C)C)c3)C(=O)N(Cc3ccco3)C2=O)cc1. The van der Waals surface area contributed by atoms with Crippen molar-refractivity contribution in [3.8, 4) is 0 Å². The van der Waals surface area contributed by atoms with Crippen LogP contribution in [0.1, 0.15) is 31.6 Å². The van der Waals surface area contributed by atoms with Crippen LogP contribution in [0.15, 0.2) is 86.8 Å². The number of anilines is 2. The van der Waals surface area contributed by atoms with Gasteiger partial charge in [0.1, 0.15) is 16.4 Å². The van der Waals surface area contributed by atoms with E-state index in [4.69, 9.17) is 4.42 Å². The maximum Gasteiger partial charge on any atom is 0.278 e. The summed E-state index contributed by atoms with van der Waals surface area (Å²) in [5, 5.41) is 6.04. The third-order valence-corrected chi connectivity index (χ3v) is 6.34. The van der Waals surface area contributed by atoms with Crippen LogP contribution >= 0.6 is 11.8 Å². The number of thioether (sulfide) groups is 1. The Hall–Kier alpha value is -3.78. The number of nitrogens with zero attached hydrogens (tertiary/aromatic N) is 1. The number of carbonyl (C=O) groups is 3. The van der Waals surface area contributed by atoms with Crippen molar-refractivity contribution in [2.45, 2.75) is 38.6 Å². The van der Waals surface area contributed by atoms with Crippen molar-refractivity contribution in [1.82, 2.24) is 4.90 Å². The second kappa shape index (κ2) is 10.7. The molecule has 0 spiro atoms. The van der Waals surface area contributed by atoms with Crippen LogP contribution in [0.25, 0.3) is 0 Å². The second-order valence-electron chi connectivity index (χ2n) is 8.75. The Morgan fingerprint density at radius 3 is 2.46 bits per heavy atom. The van der Waals surface area contributed by atoms with E-state index in [1.54, 1.807) is 24.3 Å². The Kier molecular flexibility index (Phi) is 7.41. The number of hydrogen-bond acceptors (Lipinski definition) is 6. The summed E-state index contributed by atoms with van der Waals surface area (Å²) in [7, 11) is 0. The zero-order valence-corrected chi connectivity index (χ0v) is 20.6. The molecule has 0 fully saturated rings. The molecule has 1 aliphatic heterocycles. The lowest BCUT2D eigenvalue weighted by Crippen LogP contribution is -2.31. The van der Waals surface area contributed by atoms with Crippen molar-refractivity contribution < 1.29 is 18.8 Å². The van der Waals surface area contributed by atoms with Crippen molar-refractivity contribution in [3.63, 3.8) is 0 Å². The smallest absolute Gasteiger partial charge is 0.278 e. The molecule has 2 heterocycles. The molecular weight excluding hydrogens is 462 g/mol. The van der Waals surface area contributed by atoms with Gasteiger partial charge in [-0.2, -0.15) is 0 Å². The molecule has 0 unspecified atom stereocenters. The first kappa shape index (κ1) is 24.3. The van der Waals surface area contributed by atoms with Gasteiger partial charge >= 0.3 is 0 Å². The van der Waals surface area contributed by atoms with Gasteiger partial charge in [-0.1, -0.05) is 49.4 Å². The topological polar surface area (TPSA) is 91.7 Å². The molecule has 0 saturated heterocycles. The largest absolute Gasteiger partial charge is 0.467 e. The first-order chi connectivity index (χ1) is 16.8. The first-order valence-electron chi connectivity index (χ1n) is 11.3. The molecule has 2 N–H and O–H groups in total. The molecule has 0 saturated carbocycles. The lowest BCUT2D eigenvalue weighted by molar-refractivity contribution is -0.138. The van der Waals surface area contributed by atoms with Crippen LogP contribution in [0, 0.1) is 12.8 Å². The van der Waals surface area contributed by atoms with Gasteiger partial charge in [0.05, 0.1) is 12.8 Å². The number of hydrogen-bond donors (Lipinski definition) is 2. The molecule has 7 nitrogen and oxygen atoms in total. The lowest BCUT2D eigenvalue weighted by Gasteiger charge is -2.13. The fraction of sp³-hybridized carbons (Fsp3) is 0.222. The molecule has 0 atom stereocenters. The summed E-state index contributed by atoms with van der Waals surface area (Å²) in [5.41, 5.74) is 2.64. The average molecular weight is 490 g/mol. The van der Waals surface area contributed by atoms with E-state index in [0.717, 1.165) is 10.5 Å². The van der Waals surface area contributed by atoms with Crippen LogP contribution in [-0.4, -0.2) is 22.6 Å². The summed E-state index contributed by atoms with van der Waals surface area (Å²) < 4.78 is 5.36. The molecule has 3 aromatic rings. The van der Waals surface area contributed by atoms with Crippen LogP contribution in [-0.2, 0) is 20.9 Å². The van der Waals surface area contributed by atoms with Crippen LogP contribution in [0.3, 0.4) is 0 Å². The minimum atomic E-state index is -0.420. The van der Waals surface area contributed by atoms with E-state index in [-0.39, 0.29) is 29.0 Å². The van der Waals surface area contributed by atoms with Gasteiger partial charge in [-0.05, 0) is 55.3 Å². The molecule has 8 heteroatoms. The summed E-state index contributed by atoms with van der Waals surface area (Å²) >= 11 is 1.19. The molecule has 180 valence electrons. The summed E-state index contributed by atoms with van der Waals surface area (Å²) in [6.45, 7) is 5.99. The Morgan fingerprint density at radius 1 is 1.00 bits per heavy atom. The molecule has 0 bridgehead atoms. The molecule has 35 heavy (non-hydrogen) atoms. The van der Waals surface area contributed by atoms with E-state index in [2.05, 4.69) is 10.6 Å². The fourth-order valence-electron chi connectivity index (χ4n) is 3.58. The predicted octanol–water partition coefficient (Wildman–Crippen LogP) is 5.56. The number of nitrogens with one attached hydrogen (secondary N) is 2. The standard InChI is InChI=1S/C27H27N3O4S/c1-17(2)14-23(31)28-20-6-4-8-22(15-20)35-25-24(29-19-11-9-18(3)10-12-19)26(32)30(27(25)33)16-21-7-5-13-34-21/h4-13,15,17,29H,14,16H2,1-3H3,(H,28,31). The molecule has 0 aliphatic carbocycles. The number of aryl methyl sites for hydroxylation is 1. The van der Waals surface area contributed by atoms with Crippen LogP contribution in [0.2, 0.25) is 0 Å². The summed E-state index contributed by atoms with van der Waals surface area (Å²) in [5.74, 6) is -0.131. The molecule has 3 amide bonds. The molecule has 0 radical (unpaired) electrons. The highest BCUT2D eigenvalue weighted by molar-refractivity contribution is 8.04. The van der Waals surface area contributed by atoms with E-state index in [1.165, 1.54) is 22.9 Å². The summed E-state index contributed by atoms with van der Waals surface area (Å²) in [6, 6.07) is 18.3. The van der Waals surface area contributed by atoms with Crippen LogP contribution in [0.4, 0.5) is 11.4 Å². The van der Waals surface area contributed by atoms with E-state index in [1.807, 2.05) is 57.2 Å². The summed E-state index contributed by atoms with van der Waals surface area (Å²) in [4.78, 5) is 41.0. The first-order valence-corrected chi connectivity index (χ1v) is 12.2. The third-order valence-electron chi connectivity index (χ3n) is 5.27. The third kappa shape index (κ3) is 6.02. The van der Waals surface area contributed by atoms with Gasteiger partial charge in [0, 0.05) is 22.7 Å². The Balaban J connectivity index is 1.61. The van der Waals surface area contributed by atoms with E-state index in [0.29, 0.717) is 23.6 Å². The van der Waals surface area contributed by atoms with Crippen molar-refractivity contribution in [3.05, 3.63) is 88.9 Å². The van der Waals surface area contributed by atoms with Crippen molar-refractivity contribution in [2.24, 2.45) is 5.92 Å². The molecule has 4 rings (SSSR count). The molecule has 1 aliphatic rings. The number of rotatable bonds is 9. The monoisotopic (exact) mass is 489 g/mol. The van der Waals surface area contributed by atoms with Crippen molar-refractivity contribution in [2.75, 3.05) is 10.6 Å². The van der Waals surface area contributed by atoms with Crippen molar-refractivity contribution >= 4 is 40.9 Å². The van der Waals surface area contributed by atoms with Gasteiger partial charge in [-0.3, -0.25) is 19.3 Å². The number of amides is 3. The maximum absolute atomic E-state index is 13.4. The quantitative estimate of drug-likeness (QED) is 0.383. The molecule has 1 aromatic heterocycles. The predicted molar refractivity (Wildman–Crippen MR) is 136 cm³/mol. The number of furan rings is 1. The Morgan fingerprint density at radius 2 is 1.77 bits per heavy atom. The van der Waals surface area contributed by atoms with Crippen LogP contribution < -0.4 is 10.6 Å². The second-order valence-corrected chi connectivity index (χ2v) is 9.83. The highest BCUT2D eigenvalue weighted by Crippen LogP contribution is 2.37. The average Bonchev–Trinajstić information content (AvgIpc) is 3.39. The van der Waals surface area contributed by atoms with Crippen molar-refractivity contribution in [1.29, 1.82) is 0 Å². The lowest BCUT2D eigenvalue weighted by atomic mass is 10.1. The zero-order valence-electron chi connectivity index (χ0n) is 19.8. The van der Waals surface area contributed by atoms with Crippen LogP contribution in [0.5, 0.6) is 0 Å². The highest BCUT2D eigenvalue weighted by atomic mass is 32.2. The fourth-order valence-corrected chi connectivity index (χ4v) is 4.59. The van der Waals surface area contributed by atoms with Gasteiger partial charge in [0.15, 0.2) is 0 Å².